The number of benzene rings is 1. The quantitative estimate of drug-likeness (QED) is 0.206. The van der Waals surface area contributed by atoms with Crippen LogP contribution in [0.2, 0.25) is 0 Å². The smallest absolute Gasteiger partial charge is 0.207 e. The van der Waals surface area contributed by atoms with Crippen molar-refractivity contribution in [1.82, 2.24) is 10.3 Å². The maximum Gasteiger partial charge on any atom is 0.207 e. The lowest BCUT2D eigenvalue weighted by Crippen LogP contribution is -2.15. The van der Waals surface area contributed by atoms with Crippen molar-refractivity contribution in [2.75, 3.05) is 6.54 Å². The maximum atomic E-state index is 13.7. The number of nitrogens with two attached hydrogens (primary N) is 1. The summed E-state index contributed by atoms with van der Waals surface area (Å²) in [6.45, 7) is 0.342. The van der Waals surface area contributed by atoms with Crippen LogP contribution in [0.15, 0.2) is 53.9 Å². The molecule has 0 fully saturated rings. The largest absolute Gasteiger partial charge is 0.503 e. The Balaban J connectivity index is 2.18. The van der Waals surface area contributed by atoms with Crippen molar-refractivity contribution >= 4 is 12.1 Å². The first-order chi connectivity index (χ1) is 13.1. The van der Waals surface area contributed by atoms with Gasteiger partial charge in [-0.3, -0.25) is 9.78 Å². The van der Waals surface area contributed by atoms with Crippen LogP contribution in [0.4, 0.5) is 8.78 Å². The number of hydrogen-bond acceptors (Lipinski definition) is 5. The van der Waals surface area contributed by atoms with E-state index in [1.807, 2.05) is 0 Å². The number of phenols is 1. The van der Waals surface area contributed by atoms with Crippen molar-refractivity contribution in [3.05, 3.63) is 71.6 Å². The molecule has 1 aromatic heterocycles. The maximum absolute atomic E-state index is 13.7. The molecule has 2 rings (SSSR count). The van der Waals surface area contributed by atoms with Crippen molar-refractivity contribution < 1.29 is 18.7 Å². The van der Waals surface area contributed by atoms with Gasteiger partial charge in [-0.15, -0.1) is 0 Å². The summed E-state index contributed by atoms with van der Waals surface area (Å²) in [5.74, 6) is 2.09. The number of aromatic nitrogens is 1. The molecule has 0 aliphatic carbocycles. The Hall–Kier alpha value is -3.29. The number of phenolic OH excluding ortho intramolecular Hbond substituents is 1. The van der Waals surface area contributed by atoms with Gasteiger partial charge in [-0.1, -0.05) is 6.08 Å². The summed E-state index contributed by atoms with van der Waals surface area (Å²) in [4.78, 5) is 14.4. The number of rotatable bonds is 9. The lowest BCUT2D eigenvalue weighted by molar-refractivity contribution is -0.109. The van der Waals surface area contributed by atoms with Gasteiger partial charge >= 0.3 is 0 Å². The molecule has 1 unspecified atom stereocenters. The molecule has 27 heavy (non-hydrogen) atoms. The summed E-state index contributed by atoms with van der Waals surface area (Å²) < 4.78 is 27.4. The third-order valence-electron chi connectivity index (χ3n) is 4.04. The lowest BCUT2D eigenvalue weighted by Gasteiger charge is -2.16. The summed E-state index contributed by atoms with van der Waals surface area (Å²) >= 11 is 0. The summed E-state index contributed by atoms with van der Waals surface area (Å²) in [6, 6.07) is 5.70. The number of hydrogen-bond donors (Lipinski definition) is 3. The van der Waals surface area contributed by atoms with Crippen molar-refractivity contribution in [3.8, 4) is 5.75 Å². The molecular formula is C19H20F2N4O2. The van der Waals surface area contributed by atoms with E-state index in [0.717, 1.165) is 17.7 Å². The van der Waals surface area contributed by atoms with Crippen LogP contribution >= 0.6 is 0 Å². The normalized spacial score (nSPS) is 12.9. The molecule has 8 heteroatoms. The molecule has 0 saturated carbocycles. The minimum Gasteiger partial charge on any atom is -0.503 e. The number of halogens is 2. The van der Waals surface area contributed by atoms with Crippen LogP contribution < -0.4 is 11.2 Å². The summed E-state index contributed by atoms with van der Waals surface area (Å²) in [5.41, 5.74) is 1.70. The number of aromatic hydroxyl groups is 1. The monoisotopic (exact) mass is 374 g/mol. The molecule has 1 amide bonds. The summed E-state index contributed by atoms with van der Waals surface area (Å²) in [6.07, 6.45) is 8.18. The highest BCUT2D eigenvalue weighted by molar-refractivity contribution is 6.08. The first kappa shape index (κ1) is 20.0. The first-order valence-electron chi connectivity index (χ1n) is 8.26. The molecule has 142 valence electrons. The van der Waals surface area contributed by atoms with Crippen molar-refractivity contribution in [3.63, 3.8) is 0 Å². The molecule has 1 atom stereocenters. The van der Waals surface area contributed by atoms with Crippen LogP contribution in [-0.2, 0) is 4.79 Å². The summed E-state index contributed by atoms with van der Waals surface area (Å²) in [5, 5.41) is 15.5. The Kier molecular flexibility index (Phi) is 7.42. The van der Waals surface area contributed by atoms with Gasteiger partial charge in [-0.05, 0) is 54.7 Å². The SMILES string of the molecule is N/N=C(\C=C\CC(CCNC=O)c1cc(F)c(O)c(F)c1)c1ccncc1. The number of carbonyl (C=O) groups is 1. The van der Waals surface area contributed by atoms with Crippen LogP contribution in [0.1, 0.15) is 29.9 Å². The second kappa shape index (κ2) is 10.0. The molecular weight excluding hydrogens is 354 g/mol. The fourth-order valence-electron chi connectivity index (χ4n) is 2.64. The fourth-order valence-corrected chi connectivity index (χ4v) is 2.64. The van der Waals surface area contributed by atoms with Crippen LogP contribution in [-0.4, -0.2) is 28.8 Å². The zero-order valence-electron chi connectivity index (χ0n) is 14.5. The number of hydrazone groups is 1. The second-order valence-electron chi connectivity index (χ2n) is 5.78. The van der Waals surface area contributed by atoms with Crippen LogP contribution in [0, 0.1) is 11.6 Å². The van der Waals surface area contributed by atoms with E-state index in [1.165, 1.54) is 0 Å². The predicted molar refractivity (Wildman–Crippen MR) is 98.2 cm³/mol. The van der Waals surface area contributed by atoms with Gasteiger partial charge in [0, 0.05) is 24.5 Å². The van der Waals surface area contributed by atoms with E-state index in [1.54, 1.807) is 36.7 Å². The average Bonchev–Trinajstić information content (AvgIpc) is 2.68. The minimum absolute atomic E-state index is 0.283. The zero-order valence-corrected chi connectivity index (χ0v) is 14.5. The van der Waals surface area contributed by atoms with E-state index in [9.17, 15) is 18.7 Å². The van der Waals surface area contributed by atoms with Crippen molar-refractivity contribution in [2.24, 2.45) is 10.9 Å². The molecule has 1 aromatic carbocycles. The number of nitrogens with one attached hydrogen (secondary N) is 1. The third-order valence-corrected chi connectivity index (χ3v) is 4.04. The third kappa shape index (κ3) is 5.60. The van der Waals surface area contributed by atoms with Crippen LogP contribution in [0.5, 0.6) is 5.75 Å². The van der Waals surface area contributed by atoms with Crippen LogP contribution in [0.3, 0.4) is 0 Å². The molecule has 1 heterocycles. The van der Waals surface area contributed by atoms with Gasteiger partial charge in [-0.2, -0.15) is 5.10 Å². The van der Waals surface area contributed by atoms with Gasteiger partial charge in [0.1, 0.15) is 0 Å². The minimum atomic E-state index is -1.02. The molecule has 0 spiro atoms. The summed E-state index contributed by atoms with van der Waals surface area (Å²) in [7, 11) is 0. The number of nitrogens with zero attached hydrogens (tertiary/aromatic N) is 2. The van der Waals surface area contributed by atoms with E-state index in [2.05, 4.69) is 15.4 Å². The number of amides is 1. The fraction of sp³-hybridized carbons (Fsp3) is 0.211. The topological polar surface area (TPSA) is 101 Å². The predicted octanol–water partition coefficient (Wildman–Crippen LogP) is 2.59. The van der Waals surface area contributed by atoms with Crippen molar-refractivity contribution in [1.29, 1.82) is 0 Å². The highest BCUT2D eigenvalue weighted by Gasteiger charge is 2.16. The van der Waals surface area contributed by atoms with E-state index >= 15 is 0 Å². The van der Waals surface area contributed by atoms with Crippen LogP contribution in [0.25, 0.3) is 0 Å². The molecule has 0 saturated heterocycles. The number of allylic oxidation sites excluding steroid dienone is 2. The average molecular weight is 374 g/mol. The number of pyridine rings is 1. The van der Waals surface area contributed by atoms with E-state index in [-0.39, 0.29) is 5.92 Å². The molecule has 4 N–H and O–H groups in total. The highest BCUT2D eigenvalue weighted by Crippen LogP contribution is 2.29. The van der Waals surface area contributed by atoms with E-state index < -0.39 is 17.4 Å². The first-order valence-corrected chi connectivity index (χ1v) is 8.26. The molecule has 2 aromatic rings. The van der Waals surface area contributed by atoms with Gasteiger partial charge in [0.2, 0.25) is 6.41 Å². The molecule has 6 nitrogen and oxygen atoms in total. The highest BCUT2D eigenvalue weighted by atomic mass is 19.1. The van der Waals surface area contributed by atoms with Gasteiger partial charge in [0.25, 0.3) is 0 Å². The molecule has 0 bridgehead atoms. The Bertz CT molecular complexity index is 803. The zero-order chi connectivity index (χ0) is 19.6. The molecule has 0 aliphatic rings. The second-order valence-corrected chi connectivity index (χ2v) is 5.78. The van der Waals surface area contributed by atoms with Gasteiger partial charge in [-0.25, -0.2) is 8.78 Å². The standard InChI is InChI=1S/C19H20F2N4O2/c20-16-10-15(11-17(21)19(16)27)13(4-9-24-12-26)2-1-3-18(25-22)14-5-7-23-8-6-14/h1,3,5-8,10-13,27H,2,4,9,22H2,(H,24,26)/b3-1+,25-18+. The Labute approximate surface area is 155 Å². The Morgan fingerprint density at radius 1 is 1.30 bits per heavy atom. The lowest BCUT2D eigenvalue weighted by atomic mass is 9.91. The molecule has 0 aliphatic heterocycles. The van der Waals surface area contributed by atoms with Gasteiger partial charge < -0.3 is 16.3 Å². The van der Waals surface area contributed by atoms with Gasteiger partial charge in [0.05, 0.1) is 5.71 Å². The Morgan fingerprint density at radius 2 is 1.96 bits per heavy atom. The van der Waals surface area contributed by atoms with Gasteiger partial charge in [0.15, 0.2) is 17.4 Å². The van der Waals surface area contributed by atoms with Crippen molar-refractivity contribution in [2.45, 2.75) is 18.8 Å². The van der Waals surface area contributed by atoms with E-state index in [4.69, 9.17) is 5.84 Å². The van der Waals surface area contributed by atoms with E-state index in [0.29, 0.717) is 37.1 Å². The number of carbonyl (C=O) groups excluding carboxylic acids is 1. The molecule has 0 radical (unpaired) electrons. The Morgan fingerprint density at radius 3 is 2.56 bits per heavy atom.